The van der Waals surface area contributed by atoms with Gasteiger partial charge in [0, 0.05) is 30.1 Å². The lowest BCUT2D eigenvalue weighted by Gasteiger charge is -2.21. The molecular formula is C12H18N4S. The number of aromatic nitrogens is 2. The molecule has 2 fully saturated rings. The maximum atomic E-state index is 4.64. The van der Waals surface area contributed by atoms with Gasteiger partial charge in [0.15, 0.2) is 5.17 Å². The van der Waals surface area contributed by atoms with E-state index < -0.39 is 0 Å². The molecule has 0 aromatic carbocycles. The molecule has 0 bridgehead atoms. The van der Waals surface area contributed by atoms with Gasteiger partial charge < -0.3 is 5.32 Å². The van der Waals surface area contributed by atoms with Crippen LogP contribution in [0.4, 0.5) is 0 Å². The molecule has 17 heavy (non-hydrogen) atoms. The largest absolute Gasteiger partial charge is 0.359 e. The SMILES string of the molecule is Cn1cc(CN=C2NC3(CCCC3)CS2)cn1. The Bertz CT molecular complexity index is 431. The number of nitrogens with one attached hydrogen (secondary N) is 1. The van der Waals surface area contributed by atoms with Gasteiger partial charge in [0.05, 0.1) is 12.7 Å². The topological polar surface area (TPSA) is 42.2 Å². The Balaban J connectivity index is 1.62. The van der Waals surface area contributed by atoms with Crippen LogP contribution in [0.3, 0.4) is 0 Å². The standard InChI is InChI=1S/C12H18N4S/c1-16-8-10(7-14-16)6-13-11-15-12(9-17-11)4-2-3-5-12/h7-8H,2-6,9H2,1H3,(H,13,15). The summed E-state index contributed by atoms with van der Waals surface area (Å²) in [4.78, 5) is 4.64. The van der Waals surface area contributed by atoms with Gasteiger partial charge in [-0.25, -0.2) is 0 Å². The fraction of sp³-hybridized carbons (Fsp3) is 0.667. The quantitative estimate of drug-likeness (QED) is 0.872. The number of hydrogen-bond acceptors (Lipinski definition) is 3. The molecule has 3 rings (SSSR count). The molecule has 0 unspecified atom stereocenters. The van der Waals surface area contributed by atoms with Gasteiger partial charge in [0.1, 0.15) is 0 Å². The molecule has 92 valence electrons. The minimum atomic E-state index is 0.373. The maximum Gasteiger partial charge on any atom is 0.157 e. The molecule has 1 aromatic rings. The summed E-state index contributed by atoms with van der Waals surface area (Å²) < 4.78 is 1.82. The van der Waals surface area contributed by atoms with Gasteiger partial charge in [-0.05, 0) is 12.8 Å². The highest BCUT2D eigenvalue weighted by atomic mass is 32.2. The van der Waals surface area contributed by atoms with Crippen LogP contribution >= 0.6 is 11.8 Å². The first-order valence-electron chi connectivity index (χ1n) is 6.19. The van der Waals surface area contributed by atoms with Crippen LogP contribution in [0.2, 0.25) is 0 Å². The van der Waals surface area contributed by atoms with E-state index in [9.17, 15) is 0 Å². The first-order valence-corrected chi connectivity index (χ1v) is 7.17. The summed E-state index contributed by atoms with van der Waals surface area (Å²) in [6, 6.07) is 0. The van der Waals surface area contributed by atoms with E-state index in [1.165, 1.54) is 37.0 Å². The predicted molar refractivity (Wildman–Crippen MR) is 71.1 cm³/mol. The number of thioether (sulfide) groups is 1. The van der Waals surface area contributed by atoms with Crippen molar-refractivity contribution in [2.24, 2.45) is 12.0 Å². The monoisotopic (exact) mass is 250 g/mol. The van der Waals surface area contributed by atoms with E-state index in [4.69, 9.17) is 0 Å². The Morgan fingerprint density at radius 2 is 2.35 bits per heavy atom. The zero-order valence-electron chi connectivity index (χ0n) is 10.1. The Labute approximate surface area is 106 Å². The molecule has 0 atom stereocenters. The summed E-state index contributed by atoms with van der Waals surface area (Å²) >= 11 is 1.88. The van der Waals surface area contributed by atoms with Crippen LogP contribution in [-0.4, -0.2) is 26.2 Å². The van der Waals surface area contributed by atoms with Crippen molar-refractivity contribution in [3.05, 3.63) is 18.0 Å². The molecule has 0 radical (unpaired) electrons. The number of aliphatic imine (C=N–C) groups is 1. The van der Waals surface area contributed by atoms with Crippen molar-refractivity contribution >= 4 is 16.9 Å². The Hall–Kier alpha value is -0.970. The second-order valence-corrected chi connectivity index (χ2v) is 6.01. The van der Waals surface area contributed by atoms with Crippen molar-refractivity contribution in [3.63, 3.8) is 0 Å². The second-order valence-electron chi connectivity index (χ2n) is 5.04. The van der Waals surface area contributed by atoms with Gasteiger partial charge in [0.2, 0.25) is 0 Å². The number of nitrogens with zero attached hydrogens (tertiary/aromatic N) is 3. The van der Waals surface area contributed by atoms with Crippen LogP contribution < -0.4 is 5.32 Å². The number of amidine groups is 1. The zero-order chi connectivity index (χ0) is 11.7. The second kappa shape index (κ2) is 4.37. The third-order valence-electron chi connectivity index (χ3n) is 3.58. The molecule has 1 N–H and O–H groups in total. The lowest BCUT2D eigenvalue weighted by atomic mass is 10.0. The molecule has 4 nitrogen and oxygen atoms in total. The minimum Gasteiger partial charge on any atom is -0.359 e. The van der Waals surface area contributed by atoms with Crippen molar-refractivity contribution in [2.75, 3.05) is 5.75 Å². The van der Waals surface area contributed by atoms with Gasteiger partial charge in [-0.2, -0.15) is 5.10 Å². The van der Waals surface area contributed by atoms with E-state index in [1.807, 2.05) is 35.9 Å². The molecular weight excluding hydrogens is 232 g/mol. The van der Waals surface area contributed by atoms with E-state index in [0.29, 0.717) is 5.54 Å². The average Bonchev–Trinajstić information content (AvgIpc) is 3.01. The van der Waals surface area contributed by atoms with Crippen LogP contribution in [0.5, 0.6) is 0 Å². The molecule has 1 aromatic heterocycles. The van der Waals surface area contributed by atoms with Gasteiger partial charge in [0.25, 0.3) is 0 Å². The average molecular weight is 250 g/mol. The third kappa shape index (κ3) is 2.34. The number of hydrogen-bond donors (Lipinski definition) is 1. The summed E-state index contributed by atoms with van der Waals surface area (Å²) in [5, 5.41) is 8.90. The molecule has 5 heteroatoms. The van der Waals surface area contributed by atoms with Crippen LogP contribution in [0, 0.1) is 0 Å². The Kier molecular flexibility index (Phi) is 2.86. The zero-order valence-corrected chi connectivity index (χ0v) is 11.0. The Morgan fingerprint density at radius 3 is 3.06 bits per heavy atom. The van der Waals surface area contributed by atoms with Crippen LogP contribution in [-0.2, 0) is 13.6 Å². The highest BCUT2D eigenvalue weighted by Crippen LogP contribution is 2.37. The van der Waals surface area contributed by atoms with Gasteiger partial charge in [-0.15, -0.1) is 0 Å². The predicted octanol–water partition coefficient (Wildman–Crippen LogP) is 1.93. The Morgan fingerprint density at radius 1 is 1.53 bits per heavy atom. The molecule has 1 aliphatic carbocycles. The van der Waals surface area contributed by atoms with E-state index in [2.05, 4.69) is 15.4 Å². The van der Waals surface area contributed by atoms with Crippen molar-refractivity contribution < 1.29 is 0 Å². The van der Waals surface area contributed by atoms with E-state index >= 15 is 0 Å². The summed E-state index contributed by atoms with van der Waals surface area (Å²) in [5.74, 6) is 1.19. The van der Waals surface area contributed by atoms with E-state index in [0.717, 1.165) is 11.7 Å². The van der Waals surface area contributed by atoms with Gasteiger partial charge in [-0.3, -0.25) is 9.67 Å². The number of rotatable bonds is 2. The highest BCUT2D eigenvalue weighted by Gasteiger charge is 2.39. The molecule has 2 aliphatic rings. The summed E-state index contributed by atoms with van der Waals surface area (Å²) in [6.45, 7) is 0.735. The van der Waals surface area contributed by atoms with Crippen LogP contribution in [0.15, 0.2) is 17.4 Å². The van der Waals surface area contributed by atoms with Gasteiger partial charge in [-0.1, -0.05) is 24.6 Å². The van der Waals surface area contributed by atoms with E-state index in [1.54, 1.807) is 0 Å². The first-order chi connectivity index (χ1) is 8.26. The van der Waals surface area contributed by atoms with Gasteiger partial charge >= 0.3 is 0 Å². The smallest absolute Gasteiger partial charge is 0.157 e. The molecule has 1 aliphatic heterocycles. The summed E-state index contributed by atoms with van der Waals surface area (Å²) in [7, 11) is 1.94. The normalized spacial score (nSPS) is 24.6. The minimum absolute atomic E-state index is 0.373. The molecule has 1 spiro atoms. The first kappa shape index (κ1) is 11.1. The third-order valence-corrected chi connectivity index (χ3v) is 4.78. The highest BCUT2D eigenvalue weighted by molar-refractivity contribution is 8.14. The van der Waals surface area contributed by atoms with Crippen LogP contribution in [0.1, 0.15) is 31.2 Å². The van der Waals surface area contributed by atoms with Crippen LogP contribution in [0.25, 0.3) is 0 Å². The maximum absolute atomic E-state index is 4.64. The molecule has 0 amide bonds. The summed E-state index contributed by atoms with van der Waals surface area (Å²) in [5.41, 5.74) is 1.55. The van der Waals surface area contributed by atoms with Crippen molar-refractivity contribution in [1.82, 2.24) is 15.1 Å². The lowest BCUT2D eigenvalue weighted by molar-refractivity contribution is 0.452. The number of aryl methyl sites for hydroxylation is 1. The van der Waals surface area contributed by atoms with Crippen molar-refractivity contribution in [2.45, 2.75) is 37.8 Å². The fourth-order valence-electron chi connectivity index (χ4n) is 2.63. The fourth-order valence-corrected chi connectivity index (χ4v) is 3.85. The molecule has 1 saturated heterocycles. The van der Waals surface area contributed by atoms with Crippen molar-refractivity contribution in [3.8, 4) is 0 Å². The lowest BCUT2D eigenvalue weighted by Crippen LogP contribution is -2.40. The molecule has 1 saturated carbocycles. The molecule has 2 heterocycles. The van der Waals surface area contributed by atoms with Crippen molar-refractivity contribution in [1.29, 1.82) is 0 Å². The summed E-state index contributed by atoms with van der Waals surface area (Å²) in [6.07, 6.45) is 9.26. The van der Waals surface area contributed by atoms with E-state index in [-0.39, 0.29) is 0 Å².